The quantitative estimate of drug-likeness (QED) is 0.756. The van der Waals surface area contributed by atoms with E-state index in [1.165, 1.54) is 12.1 Å². The van der Waals surface area contributed by atoms with Gasteiger partial charge in [0.2, 0.25) is 10.0 Å². The highest BCUT2D eigenvalue weighted by Crippen LogP contribution is 2.20. The third-order valence-electron chi connectivity index (χ3n) is 2.79. The molecule has 112 valence electrons. The number of hydrogen-bond acceptors (Lipinski definition) is 3. The van der Waals surface area contributed by atoms with Crippen molar-refractivity contribution in [3.8, 4) is 0 Å². The van der Waals surface area contributed by atoms with Crippen molar-refractivity contribution in [3.63, 3.8) is 0 Å². The van der Waals surface area contributed by atoms with E-state index in [2.05, 4.69) is 4.72 Å². The molecule has 1 aromatic rings. The largest absolute Gasteiger partial charge is 0.507 e. The molecule has 0 heterocycles. The summed E-state index contributed by atoms with van der Waals surface area (Å²) in [4.78, 5) is 9.19. The van der Waals surface area contributed by atoms with Crippen LogP contribution in [0.25, 0.3) is 0 Å². The van der Waals surface area contributed by atoms with E-state index in [-0.39, 0.29) is 17.0 Å². The maximum atomic E-state index is 12.2. The van der Waals surface area contributed by atoms with Gasteiger partial charge in [0, 0.05) is 0 Å². The zero-order valence-corrected chi connectivity index (χ0v) is 13.6. The van der Waals surface area contributed by atoms with E-state index in [0.29, 0.717) is 6.42 Å². The molecule has 0 radical (unpaired) electrons. The molecular formula is C13H21NO4PS+. The average Bonchev–Trinajstić information content (AvgIpc) is 2.26. The lowest BCUT2D eigenvalue weighted by atomic mass is 10.1. The molecule has 0 bridgehead atoms. The highest BCUT2D eigenvalue weighted by molar-refractivity contribution is 7.89. The maximum absolute atomic E-state index is 12.2. The molecule has 5 nitrogen and oxygen atoms in total. The van der Waals surface area contributed by atoms with Gasteiger partial charge >= 0.3 is 8.03 Å². The van der Waals surface area contributed by atoms with Crippen LogP contribution in [-0.4, -0.2) is 25.5 Å². The molecule has 0 saturated carbocycles. The van der Waals surface area contributed by atoms with E-state index in [1.807, 2.05) is 20.8 Å². The van der Waals surface area contributed by atoms with Gasteiger partial charge in [0.05, 0.1) is 10.9 Å². The van der Waals surface area contributed by atoms with E-state index >= 15 is 0 Å². The van der Waals surface area contributed by atoms with E-state index < -0.39 is 24.1 Å². The second kappa shape index (κ2) is 7.27. The minimum atomic E-state index is -3.66. The first-order valence-corrected chi connectivity index (χ1v) is 9.31. The standard InChI is InChI=1S/C13H20NO4PS/c1-10(2)8-12(9-19(15)16)14-20(17,18)13-6-4-11(3)5-7-13/h4-7,10,12,14H,8-9H2,1-3H3/p+1. The zero-order valence-electron chi connectivity index (χ0n) is 11.9. The molecule has 0 aliphatic rings. The van der Waals surface area contributed by atoms with Gasteiger partial charge in [0.25, 0.3) is 0 Å². The van der Waals surface area contributed by atoms with Crippen LogP contribution in [0.1, 0.15) is 25.8 Å². The highest BCUT2D eigenvalue weighted by atomic mass is 32.2. The monoisotopic (exact) mass is 318 g/mol. The summed E-state index contributed by atoms with van der Waals surface area (Å²) in [5.41, 5.74) is 0.973. The first-order valence-electron chi connectivity index (χ1n) is 6.43. The van der Waals surface area contributed by atoms with Crippen LogP contribution in [0.4, 0.5) is 0 Å². The number of nitrogens with one attached hydrogen (secondary N) is 1. The van der Waals surface area contributed by atoms with E-state index in [9.17, 15) is 13.0 Å². The number of aryl methyl sites for hydroxylation is 1. The summed E-state index contributed by atoms with van der Waals surface area (Å²) in [6.07, 6.45) is 0.450. The summed E-state index contributed by atoms with van der Waals surface area (Å²) in [6.45, 7) is 5.76. The van der Waals surface area contributed by atoms with Gasteiger partial charge in [-0.3, -0.25) is 0 Å². The van der Waals surface area contributed by atoms with Gasteiger partial charge in [0.15, 0.2) is 6.16 Å². The fourth-order valence-electron chi connectivity index (χ4n) is 1.92. The van der Waals surface area contributed by atoms with Crippen LogP contribution in [0.3, 0.4) is 0 Å². The Morgan fingerprint density at radius 2 is 1.80 bits per heavy atom. The van der Waals surface area contributed by atoms with Gasteiger partial charge in [-0.2, -0.15) is 4.89 Å². The molecule has 2 N–H and O–H groups in total. The zero-order chi connectivity index (χ0) is 15.3. The van der Waals surface area contributed by atoms with Crippen molar-refractivity contribution in [1.82, 2.24) is 4.72 Å². The SMILES string of the molecule is Cc1ccc(S(=O)(=O)NC(CC(C)C)C[P+](=O)O)cc1. The molecule has 0 aliphatic heterocycles. The number of sulfonamides is 1. The summed E-state index contributed by atoms with van der Waals surface area (Å²) < 4.78 is 38.0. The van der Waals surface area contributed by atoms with Crippen LogP contribution in [0, 0.1) is 12.8 Å². The lowest BCUT2D eigenvalue weighted by molar-refractivity contribution is 0.460. The van der Waals surface area contributed by atoms with Crippen molar-refractivity contribution in [2.45, 2.75) is 38.1 Å². The minimum absolute atomic E-state index is 0.0708. The Kier molecular flexibility index (Phi) is 6.27. The highest BCUT2D eigenvalue weighted by Gasteiger charge is 2.27. The van der Waals surface area contributed by atoms with Crippen LogP contribution in [0.2, 0.25) is 0 Å². The van der Waals surface area contributed by atoms with E-state index in [1.54, 1.807) is 12.1 Å². The molecule has 0 aromatic heterocycles. The Hall–Kier alpha value is -0.810. The lowest BCUT2D eigenvalue weighted by Crippen LogP contribution is -2.37. The van der Waals surface area contributed by atoms with Crippen LogP contribution in [-0.2, 0) is 14.6 Å². The van der Waals surface area contributed by atoms with Crippen LogP contribution >= 0.6 is 8.03 Å². The summed E-state index contributed by atoms with van der Waals surface area (Å²) in [5, 5.41) is 0. The maximum Gasteiger partial charge on any atom is 0.507 e. The predicted molar refractivity (Wildman–Crippen MR) is 79.4 cm³/mol. The molecule has 2 atom stereocenters. The van der Waals surface area contributed by atoms with Crippen molar-refractivity contribution in [3.05, 3.63) is 29.8 Å². The Morgan fingerprint density at radius 3 is 2.25 bits per heavy atom. The molecule has 0 saturated heterocycles. The summed E-state index contributed by atoms with van der Waals surface area (Å²) in [6, 6.07) is 5.97. The van der Waals surface area contributed by atoms with Gasteiger partial charge < -0.3 is 0 Å². The average molecular weight is 318 g/mol. The van der Waals surface area contributed by atoms with Gasteiger partial charge in [-0.15, -0.1) is 0 Å². The van der Waals surface area contributed by atoms with Crippen molar-refractivity contribution in [2.75, 3.05) is 6.16 Å². The fraction of sp³-hybridized carbons (Fsp3) is 0.538. The van der Waals surface area contributed by atoms with E-state index in [4.69, 9.17) is 4.89 Å². The summed E-state index contributed by atoms with van der Waals surface area (Å²) in [5.74, 6) is 0.232. The molecule has 1 rings (SSSR count). The van der Waals surface area contributed by atoms with Crippen molar-refractivity contribution < 1.29 is 17.9 Å². The summed E-state index contributed by atoms with van der Waals surface area (Å²) >= 11 is 0. The first-order chi connectivity index (χ1) is 9.20. The molecule has 1 aromatic carbocycles. The van der Waals surface area contributed by atoms with E-state index in [0.717, 1.165) is 5.56 Å². The fourth-order valence-corrected chi connectivity index (χ4v) is 3.91. The molecular weight excluding hydrogens is 297 g/mol. The normalized spacial score (nSPS) is 14.3. The smallest absolute Gasteiger partial charge is 0.207 e. The third-order valence-corrected chi connectivity index (χ3v) is 5.08. The van der Waals surface area contributed by atoms with Crippen LogP contribution < -0.4 is 4.72 Å². The van der Waals surface area contributed by atoms with Gasteiger partial charge in [0.1, 0.15) is 0 Å². The second-order valence-corrected chi connectivity index (χ2v) is 8.08. The Morgan fingerprint density at radius 1 is 1.25 bits per heavy atom. The van der Waals surface area contributed by atoms with Gasteiger partial charge in [-0.05, 0) is 36.0 Å². The molecule has 0 aliphatic carbocycles. The molecule has 0 spiro atoms. The molecule has 7 heteroatoms. The van der Waals surface area contributed by atoms with Crippen molar-refractivity contribution >= 4 is 18.1 Å². The Bertz CT molecular complexity index is 554. The van der Waals surface area contributed by atoms with Gasteiger partial charge in [-0.25, -0.2) is 13.1 Å². The van der Waals surface area contributed by atoms with Crippen LogP contribution in [0.15, 0.2) is 29.2 Å². The molecule has 20 heavy (non-hydrogen) atoms. The number of hydrogen-bond donors (Lipinski definition) is 2. The topological polar surface area (TPSA) is 83.5 Å². The van der Waals surface area contributed by atoms with Crippen molar-refractivity contribution in [1.29, 1.82) is 0 Å². The Balaban J connectivity index is 2.90. The second-order valence-electron chi connectivity index (χ2n) is 5.30. The van der Waals surface area contributed by atoms with Gasteiger partial charge in [-0.1, -0.05) is 31.5 Å². The third kappa shape index (κ3) is 5.67. The molecule has 2 unspecified atom stereocenters. The van der Waals surface area contributed by atoms with Crippen molar-refractivity contribution in [2.24, 2.45) is 5.92 Å². The minimum Gasteiger partial charge on any atom is -0.207 e. The summed E-state index contributed by atoms with van der Waals surface area (Å²) in [7, 11) is -6.03. The molecule has 0 fully saturated rings. The number of benzene rings is 1. The Labute approximate surface area is 121 Å². The lowest BCUT2D eigenvalue weighted by Gasteiger charge is -2.16. The number of rotatable bonds is 7. The van der Waals surface area contributed by atoms with Crippen LogP contribution in [0.5, 0.6) is 0 Å². The first kappa shape index (κ1) is 17.2. The predicted octanol–water partition coefficient (Wildman–Crippen LogP) is 2.42. The molecule has 0 amide bonds.